The van der Waals surface area contributed by atoms with E-state index in [4.69, 9.17) is 14.2 Å². The number of ether oxygens (including phenoxy) is 3. The average molecular weight is 417 g/mol. The summed E-state index contributed by atoms with van der Waals surface area (Å²) >= 11 is 0. The fourth-order valence-corrected chi connectivity index (χ4v) is 3.68. The Morgan fingerprint density at radius 3 is 2.23 bits per heavy atom. The highest BCUT2D eigenvalue weighted by atomic mass is 16.5. The molecule has 158 valence electrons. The smallest absolute Gasteiger partial charge is 0.307 e. The number of aromatic nitrogens is 1. The maximum atomic E-state index is 11.5. The molecule has 3 aromatic carbocycles. The van der Waals surface area contributed by atoms with Crippen LogP contribution in [-0.2, 0) is 17.8 Å². The number of hydrogen-bond donors (Lipinski definition) is 2. The van der Waals surface area contributed by atoms with E-state index >= 15 is 0 Å². The lowest BCUT2D eigenvalue weighted by Crippen LogP contribution is -2.02. The summed E-state index contributed by atoms with van der Waals surface area (Å²) in [5.41, 5.74) is 4.08. The van der Waals surface area contributed by atoms with Crippen LogP contribution < -0.4 is 14.2 Å². The van der Waals surface area contributed by atoms with Gasteiger partial charge in [0.1, 0.15) is 6.61 Å². The topological polar surface area (TPSA) is 80.8 Å². The molecule has 1 heterocycles. The van der Waals surface area contributed by atoms with E-state index in [9.17, 15) is 9.90 Å². The lowest BCUT2D eigenvalue weighted by molar-refractivity contribution is -0.136. The van der Waals surface area contributed by atoms with Crippen molar-refractivity contribution < 1.29 is 24.1 Å². The maximum absolute atomic E-state index is 11.5. The zero-order chi connectivity index (χ0) is 21.8. The molecule has 0 spiro atoms. The fraction of sp³-hybridized carbons (Fsp3) is 0.160. The fourth-order valence-electron chi connectivity index (χ4n) is 3.68. The molecular formula is C25H23NO5. The molecule has 0 fully saturated rings. The molecule has 4 rings (SSSR count). The summed E-state index contributed by atoms with van der Waals surface area (Å²) in [6.07, 6.45) is -0.101. The van der Waals surface area contributed by atoms with E-state index in [1.165, 1.54) is 0 Å². The SMILES string of the molecule is COc1cc(-c2[nH]c3ccccc3c2CC(=O)O)cc(OC)c1OCc1ccccc1. The van der Waals surface area contributed by atoms with Crippen molar-refractivity contribution in [2.24, 2.45) is 0 Å². The zero-order valence-electron chi connectivity index (χ0n) is 17.3. The van der Waals surface area contributed by atoms with Gasteiger partial charge in [-0.15, -0.1) is 0 Å². The monoisotopic (exact) mass is 417 g/mol. The standard InChI is InChI=1S/C25H23NO5/c1-29-21-12-17(13-22(30-2)25(21)31-15-16-8-4-3-5-9-16)24-19(14-23(27)28)18-10-6-7-11-20(18)26-24/h3-13,26H,14-15H2,1-2H3,(H,27,28). The van der Waals surface area contributed by atoms with E-state index in [1.54, 1.807) is 14.2 Å². The molecule has 0 atom stereocenters. The summed E-state index contributed by atoms with van der Waals surface area (Å²) in [6, 6.07) is 21.1. The normalized spacial score (nSPS) is 10.8. The predicted molar refractivity (Wildman–Crippen MR) is 119 cm³/mol. The third-order valence-corrected chi connectivity index (χ3v) is 5.12. The Balaban J connectivity index is 1.79. The van der Waals surface area contributed by atoms with Gasteiger partial charge in [-0.3, -0.25) is 4.79 Å². The molecule has 0 aliphatic heterocycles. The first-order valence-corrected chi connectivity index (χ1v) is 9.85. The second-order valence-corrected chi connectivity index (χ2v) is 7.08. The molecule has 6 heteroatoms. The molecule has 1 aromatic heterocycles. The quantitative estimate of drug-likeness (QED) is 0.419. The van der Waals surface area contributed by atoms with Gasteiger partial charge in [-0.25, -0.2) is 0 Å². The van der Waals surface area contributed by atoms with Crippen LogP contribution >= 0.6 is 0 Å². The Morgan fingerprint density at radius 1 is 0.935 bits per heavy atom. The first-order valence-electron chi connectivity index (χ1n) is 9.85. The van der Waals surface area contributed by atoms with Crippen molar-refractivity contribution in [3.05, 3.63) is 77.9 Å². The molecule has 4 aromatic rings. The first-order chi connectivity index (χ1) is 15.1. The van der Waals surface area contributed by atoms with Crippen LogP contribution in [0.15, 0.2) is 66.7 Å². The molecule has 0 saturated heterocycles. The third-order valence-electron chi connectivity index (χ3n) is 5.12. The molecule has 2 N–H and O–H groups in total. The van der Waals surface area contributed by atoms with Crippen LogP contribution in [0.4, 0.5) is 0 Å². The number of carboxylic acid groups (broad SMARTS) is 1. The highest BCUT2D eigenvalue weighted by molar-refractivity contribution is 5.94. The second kappa shape index (κ2) is 8.83. The number of para-hydroxylation sites is 1. The largest absolute Gasteiger partial charge is 0.493 e. The molecule has 31 heavy (non-hydrogen) atoms. The van der Waals surface area contributed by atoms with Gasteiger partial charge in [0, 0.05) is 16.5 Å². The summed E-state index contributed by atoms with van der Waals surface area (Å²) < 4.78 is 17.2. The molecule has 0 bridgehead atoms. The summed E-state index contributed by atoms with van der Waals surface area (Å²) in [7, 11) is 3.13. The van der Waals surface area contributed by atoms with Crippen molar-refractivity contribution >= 4 is 16.9 Å². The van der Waals surface area contributed by atoms with E-state index < -0.39 is 5.97 Å². The van der Waals surface area contributed by atoms with Crippen molar-refractivity contribution in [1.29, 1.82) is 0 Å². The van der Waals surface area contributed by atoms with Gasteiger partial charge in [0.05, 0.1) is 26.3 Å². The number of rotatable bonds is 8. The molecule has 0 amide bonds. The number of carboxylic acids is 1. The summed E-state index contributed by atoms with van der Waals surface area (Å²) in [6.45, 7) is 0.365. The number of nitrogens with one attached hydrogen (secondary N) is 1. The minimum absolute atomic E-state index is 0.101. The van der Waals surface area contributed by atoms with E-state index in [2.05, 4.69) is 4.98 Å². The Morgan fingerprint density at radius 2 is 1.58 bits per heavy atom. The van der Waals surface area contributed by atoms with Crippen LogP contribution in [0.5, 0.6) is 17.2 Å². The number of hydrogen-bond acceptors (Lipinski definition) is 4. The number of aliphatic carboxylic acids is 1. The Kier molecular flexibility index (Phi) is 5.80. The van der Waals surface area contributed by atoms with Crippen LogP contribution in [0, 0.1) is 0 Å². The highest BCUT2D eigenvalue weighted by Crippen LogP contribution is 2.43. The van der Waals surface area contributed by atoms with Crippen molar-refractivity contribution in [3.8, 4) is 28.5 Å². The van der Waals surface area contributed by atoms with Crippen LogP contribution in [-0.4, -0.2) is 30.3 Å². The lowest BCUT2D eigenvalue weighted by Gasteiger charge is -2.16. The van der Waals surface area contributed by atoms with Crippen LogP contribution in [0.1, 0.15) is 11.1 Å². The molecule has 0 aliphatic rings. The number of aromatic amines is 1. The molecule has 0 unspecified atom stereocenters. The number of carbonyl (C=O) groups is 1. The van der Waals surface area contributed by atoms with Gasteiger partial charge in [-0.1, -0.05) is 48.5 Å². The minimum atomic E-state index is -0.896. The Hall–Kier alpha value is -3.93. The van der Waals surface area contributed by atoms with Gasteiger partial charge in [-0.2, -0.15) is 0 Å². The van der Waals surface area contributed by atoms with E-state index in [-0.39, 0.29) is 6.42 Å². The van der Waals surface area contributed by atoms with Crippen molar-refractivity contribution in [2.45, 2.75) is 13.0 Å². The summed E-state index contributed by atoms with van der Waals surface area (Å²) in [4.78, 5) is 14.9. The number of methoxy groups -OCH3 is 2. The van der Waals surface area contributed by atoms with Gasteiger partial charge in [0.15, 0.2) is 11.5 Å². The first kappa shape index (κ1) is 20.3. The number of H-pyrrole nitrogens is 1. The number of benzene rings is 3. The summed E-state index contributed by atoms with van der Waals surface area (Å²) in [5, 5.41) is 10.3. The van der Waals surface area contributed by atoms with Crippen molar-refractivity contribution in [3.63, 3.8) is 0 Å². The minimum Gasteiger partial charge on any atom is -0.493 e. The molecule has 6 nitrogen and oxygen atoms in total. The molecule has 0 aliphatic carbocycles. The van der Waals surface area contributed by atoms with Crippen molar-refractivity contribution in [2.75, 3.05) is 14.2 Å². The predicted octanol–water partition coefficient (Wildman–Crippen LogP) is 5.06. The average Bonchev–Trinajstić information content (AvgIpc) is 3.15. The zero-order valence-corrected chi connectivity index (χ0v) is 17.3. The molecule has 0 saturated carbocycles. The van der Waals surface area contributed by atoms with E-state index in [0.717, 1.165) is 27.7 Å². The summed E-state index contributed by atoms with van der Waals surface area (Å²) in [5.74, 6) is 0.608. The molecular weight excluding hydrogens is 394 g/mol. The van der Waals surface area contributed by atoms with Gasteiger partial charge in [-0.05, 0) is 29.3 Å². The van der Waals surface area contributed by atoms with Gasteiger partial charge in [0.25, 0.3) is 0 Å². The number of fused-ring (bicyclic) bond motifs is 1. The van der Waals surface area contributed by atoms with E-state index in [0.29, 0.717) is 29.4 Å². The second-order valence-electron chi connectivity index (χ2n) is 7.08. The maximum Gasteiger partial charge on any atom is 0.307 e. The lowest BCUT2D eigenvalue weighted by atomic mass is 10.0. The third kappa shape index (κ3) is 4.19. The van der Waals surface area contributed by atoms with Crippen LogP contribution in [0.25, 0.3) is 22.2 Å². The van der Waals surface area contributed by atoms with Gasteiger partial charge >= 0.3 is 5.97 Å². The van der Waals surface area contributed by atoms with Gasteiger partial charge < -0.3 is 24.3 Å². The van der Waals surface area contributed by atoms with Gasteiger partial charge in [0.2, 0.25) is 5.75 Å². The Labute approximate surface area is 180 Å². The molecule has 0 radical (unpaired) electrons. The highest BCUT2D eigenvalue weighted by Gasteiger charge is 2.20. The van der Waals surface area contributed by atoms with Crippen LogP contribution in [0.3, 0.4) is 0 Å². The van der Waals surface area contributed by atoms with Crippen molar-refractivity contribution in [1.82, 2.24) is 4.98 Å². The van der Waals surface area contributed by atoms with Crippen LogP contribution in [0.2, 0.25) is 0 Å². The van der Waals surface area contributed by atoms with E-state index in [1.807, 2.05) is 66.7 Å². The Bertz CT molecular complexity index is 1190.